The topological polar surface area (TPSA) is 95.5 Å². The fraction of sp³-hybridized carbons (Fsp3) is 0.500. The van der Waals surface area contributed by atoms with Crippen molar-refractivity contribution in [1.82, 2.24) is 10.6 Å². The predicted molar refractivity (Wildman–Crippen MR) is 107 cm³/mol. The molecule has 1 fully saturated rings. The molecular weight excluding hydrogens is 401 g/mol. The Morgan fingerprint density at radius 2 is 2.00 bits per heavy atom. The standard InChI is InChI=1S/C20H27F3N4O3/c1-12(2)26-16(8-18(24)29-11-20(21,22)23)19(28)27-15-6-4-14(5-7-15)17-10-25-9-13(3)30-17/h4-8,12-13,17,24-26H,9-11H2,1-3H3,(H,27,28)/b16-8-,24-18?/t13-,17-/m1/s1. The molecule has 1 aromatic rings. The van der Waals surface area contributed by atoms with Gasteiger partial charge < -0.3 is 25.4 Å². The number of carbonyl (C=O) groups is 1. The molecule has 1 saturated heterocycles. The first-order chi connectivity index (χ1) is 14.0. The number of halogens is 3. The number of morpholine rings is 1. The zero-order chi connectivity index (χ0) is 22.3. The van der Waals surface area contributed by atoms with Crippen LogP contribution in [0.15, 0.2) is 36.0 Å². The van der Waals surface area contributed by atoms with Crippen LogP contribution in [0.25, 0.3) is 0 Å². The third-order valence-corrected chi connectivity index (χ3v) is 4.05. The Hall–Kier alpha value is -2.59. The Bertz CT molecular complexity index is 764. The molecule has 2 atom stereocenters. The van der Waals surface area contributed by atoms with E-state index in [-0.39, 0.29) is 23.9 Å². The van der Waals surface area contributed by atoms with Gasteiger partial charge >= 0.3 is 6.18 Å². The van der Waals surface area contributed by atoms with Crippen molar-refractivity contribution in [3.05, 3.63) is 41.6 Å². The van der Waals surface area contributed by atoms with Gasteiger partial charge in [-0.1, -0.05) is 12.1 Å². The van der Waals surface area contributed by atoms with Crippen molar-refractivity contribution in [2.24, 2.45) is 0 Å². The van der Waals surface area contributed by atoms with Crippen molar-refractivity contribution >= 4 is 17.5 Å². The molecule has 0 aliphatic carbocycles. The van der Waals surface area contributed by atoms with Crippen LogP contribution < -0.4 is 16.0 Å². The molecule has 0 spiro atoms. The zero-order valence-electron chi connectivity index (χ0n) is 17.1. The molecular formula is C20H27F3N4O3. The molecule has 1 aliphatic rings. The Kier molecular flexibility index (Phi) is 8.24. The summed E-state index contributed by atoms with van der Waals surface area (Å²) in [5.74, 6) is -1.36. The van der Waals surface area contributed by atoms with Gasteiger partial charge in [0, 0.05) is 30.9 Å². The lowest BCUT2D eigenvalue weighted by atomic mass is 10.1. The SMILES string of the molecule is CC(C)N/C(=C\C(=N)OCC(F)(F)F)C(=O)Nc1ccc([C@H]2CNC[C@@H](C)O2)cc1. The molecule has 10 heteroatoms. The van der Waals surface area contributed by atoms with Gasteiger partial charge in [-0.3, -0.25) is 10.2 Å². The first-order valence-corrected chi connectivity index (χ1v) is 9.57. The first kappa shape index (κ1) is 23.7. The number of anilines is 1. The Labute approximate surface area is 173 Å². The number of hydrogen-bond acceptors (Lipinski definition) is 6. The minimum Gasteiger partial charge on any atom is -0.468 e. The van der Waals surface area contributed by atoms with Gasteiger partial charge in [0.2, 0.25) is 5.90 Å². The molecule has 1 aromatic carbocycles. The average molecular weight is 428 g/mol. The van der Waals surface area contributed by atoms with Crippen molar-refractivity contribution in [3.8, 4) is 0 Å². The van der Waals surface area contributed by atoms with Gasteiger partial charge in [0.05, 0.1) is 12.2 Å². The summed E-state index contributed by atoms with van der Waals surface area (Å²) in [6, 6.07) is 6.93. The van der Waals surface area contributed by atoms with E-state index in [0.717, 1.165) is 18.2 Å². The number of alkyl halides is 3. The first-order valence-electron chi connectivity index (χ1n) is 9.57. The molecule has 2 rings (SSSR count). The van der Waals surface area contributed by atoms with E-state index >= 15 is 0 Å². The van der Waals surface area contributed by atoms with Crippen LogP contribution in [-0.4, -0.2) is 49.8 Å². The van der Waals surface area contributed by atoms with Gasteiger partial charge in [0.1, 0.15) is 5.70 Å². The third kappa shape index (κ3) is 8.03. The number of nitrogens with one attached hydrogen (secondary N) is 4. The Balaban J connectivity index is 2.03. The summed E-state index contributed by atoms with van der Waals surface area (Å²) in [6.07, 6.45) is -3.61. The molecule has 166 valence electrons. The van der Waals surface area contributed by atoms with Gasteiger partial charge in [-0.25, -0.2) is 0 Å². The Morgan fingerprint density at radius 3 is 2.57 bits per heavy atom. The molecule has 1 aliphatic heterocycles. The van der Waals surface area contributed by atoms with E-state index in [1.807, 2.05) is 19.1 Å². The highest BCUT2D eigenvalue weighted by Gasteiger charge is 2.29. The molecule has 30 heavy (non-hydrogen) atoms. The molecule has 1 heterocycles. The maximum absolute atomic E-state index is 12.6. The summed E-state index contributed by atoms with van der Waals surface area (Å²) >= 11 is 0. The van der Waals surface area contributed by atoms with Crippen molar-refractivity contribution in [2.45, 2.75) is 45.2 Å². The molecule has 4 N–H and O–H groups in total. The second-order valence-corrected chi connectivity index (χ2v) is 7.29. The average Bonchev–Trinajstić information content (AvgIpc) is 2.65. The number of hydrogen-bond donors (Lipinski definition) is 4. The maximum Gasteiger partial charge on any atom is 0.422 e. The van der Waals surface area contributed by atoms with Crippen LogP contribution in [0.5, 0.6) is 0 Å². The lowest BCUT2D eigenvalue weighted by Gasteiger charge is -2.29. The maximum atomic E-state index is 12.6. The predicted octanol–water partition coefficient (Wildman–Crippen LogP) is 3.11. The molecule has 0 saturated carbocycles. The van der Waals surface area contributed by atoms with Gasteiger partial charge in [-0.15, -0.1) is 0 Å². The number of amides is 1. The van der Waals surface area contributed by atoms with Crippen LogP contribution in [-0.2, 0) is 14.3 Å². The summed E-state index contributed by atoms with van der Waals surface area (Å²) in [5.41, 5.74) is 1.39. The van der Waals surface area contributed by atoms with Crippen LogP contribution in [0.3, 0.4) is 0 Å². The summed E-state index contributed by atoms with van der Waals surface area (Å²) in [6.45, 7) is 5.40. The molecule has 0 bridgehead atoms. The highest BCUT2D eigenvalue weighted by Crippen LogP contribution is 2.23. The van der Waals surface area contributed by atoms with Crippen molar-refractivity contribution in [1.29, 1.82) is 5.41 Å². The number of ether oxygens (including phenoxy) is 2. The number of carbonyl (C=O) groups excluding carboxylic acids is 1. The molecule has 0 unspecified atom stereocenters. The molecule has 0 aromatic heterocycles. The second-order valence-electron chi connectivity index (χ2n) is 7.29. The van der Waals surface area contributed by atoms with Gasteiger partial charge in [-0.2, -0.15) is 13.2 Å². The molecule has 1 amide bonds. The summed E-state index contributed by atoms with van der Waals surface area (Å²) in [5, 5.41) is 16.3. The van der Waals surface area contributed by atoms with E-state index < -0.39 is 24.6 Å². The monoisotopic (exact) mass is 428 g/mol. The largest absolute Gasteiger partial charge is 0.468 e. The van der Waals surface area contributed by atoms with Gasteiger partial charge in [0.25, 0.3) is 5.91 Å². The van der Waals surface area contributed by atoms with Crippen LogP contribution in [0, 0.1) is 5.41 Å². The normalized spacial score (nSPS) is 20.0. The number of benzene rings is 1. The van der Waals surface area contributed by atoms with Crippen LogP contribution >= 0.6 is 0 Å². The van der Waals surface area contributed by atoms with E-state index in [1.54, 1.807) is 26.0 Å². The van der Waals surface area contributed by atoms with Crippen molar-refractivity contribution in [3.63, 3.8) is 0 Å². The molecule has 0 radical (unpaired) electrons. The zero-order valence-corrected chi connectivity index (χ0v) is 17.1. The lowest BCUT2D eigenvalue weighted by Crippen LogP contribution is -2.38. The fourth-order valence-corrected chi connectivity index (χ4v) is 2.79. The van der Waals surface area contributed by atoms with Gasteiger partial charge in [0.15, 0.2) is 6.61 Å². The van der Waals surface area contributed by atoms with E-state index in [4.69, 9.17) is 10.1 Å². The van der Waals surface area contributed by atoms with E-state index in [1.165, 1.54) is 0 Å². The van der Waals surface area contributed by atoms with E-state index in [2.05, 4.69) is 20.7 Å². The van der Waals surface area contributed by atoms with Crippen molar-refractivity contribution in [2.75, 3.05) is 25.0 Å². The number of rotatable bonds is 7. The van der Waals surface area contributed by atoms with Crippen LogP contribution in [0.4, 0.5) is 18.9 Å². The minimum absolute atomic E-state index is 0.0742. The highest BCUT2D eigenvalue weighted by molar-refractivity contribution is 6.06. The lowest BCUT2D eigenvalue weighted by molar-refractivity contribution is -0.156. The molecule has 7 nitrogen and oxygen atoms in total. The summed E-state index contributed by atoms with van der Waals surface area (Å²) in [4.78, 5) is 12.6. The van der Waals surface area contributed by atoms with Crippen LogP contribution in [0.2, 0.25) is 0 Å². The summed E-state index contributed by atoms with van der Waals surface area (Å²) in [7, 11) is 0. The van der Waals surface area contributed by atoms with Gasteiger partial charge in [-0.05, 0) is 38.5 Å². The third-order valence-electron chi connectivity index (χ3n) is 4.05. The fourth-order valence-electron chi connectivity index (χ4n) is 2.79. The van der Waals surface area contributed by atoms with E-state index in [0.29, 0.717) is 12.2 Å². The highest BCUT2D eigenvalue weighted by atomic mass is 19.4. The second kappa shape index (κ2) is 10.4. The van der Waals surface area contributed by atoms with Crippen LogP contribution in [0.1, 0.15) is 32.4 Å². The van der Waals surface area contributed by atoms with E-state index in [9.17, 15) is 18.0 Å². The minimum atomic E-state index is -4.56. The quantitative estimate of drug-likeness (QED) is 0.304. The Morgan fingerprint density at radius 1 is 1.33 bits per heavy atom. The van der Waals surface area contributed by atoms with Crippen molar-refractivity contribution < 1.29 is 27.4 Å². The summed E-state index contributed by atoms with van der Waals surface area (Å²) < 4.78 is 47.0. The smallest absolute Gasteiger partial charge is 0.422 e.